The SMILES string of the molecule is CCC(C)c1cccc2c(CCCCN)c(-c3cc(OC)ccc3OC)[nH]c12. The van der Waals surface area contributed by atoms with E-state index in [1.54, 1.807) is 14.2 Å². The zero-order valence-electron chi connectivity index (χ0n) is 17.5. The second-order valence-electron chi connectivity index (χ2n) is 7.37. The Hall–Kier alpha value is -2.46. The van der Waals surface area contributed by atoms with Gasteiger partial charge in [0.25, 0.3) is 0 Å². The van der Waals surface area contributed by atoms with Crippen LogP contribution in [0, 0.1) is 0 Å². The molecule has 1 unspecified atom stereocenters. The predicted molar refractivity (Wildman–Crippen MR) is 118 cm³/mol. The summed E-state index contributed by atoms with van der Waals surface area (Å²) in [6.07, 6.45) is 4.18. The normalized spacial score (nSPS) is 12.3. The number of rotatable bonds is 9. The molecule has 3 rings (SSSR count). The van der Waals surface area contributed by atoms with Gasteiger partial charge in [0.2, 0.25) is 0 Å². The molecule has 0 spiro atoms. The number of fused-ring (bicyclic) bond motifs is 1. The number of hydrogen-bond acceptors (Lipinski definition) is 3. The first-order valence-electron chi connectivity index (χ1n) is 10.2. The van der Waals surface area contributed by atoms with Crippen LogP contribution in [-0.2, 0) is 6.42 Å². The molecule has 0 bridgehead atoms. The number of nitrogens with one attached hydrogen (secondary N) is 1. The van der Waals surface area contributed by atoms with Gasteiger partial charge in [-0.15, -0.1) is 0 Å². The second kappa shape index (κ2) is 9.16. The summed E-state index contributed by atoms with van der Waals surface area (Å²) in [4.78, 5) is 3.75. The molecule has 1 atom stereocenters. The molecule has 0 saturated carbocycles. The molecule has 150 valence electrons. The third kappa shape index (κ3) is 3.88. The van der Waals surface area contributed by atoms with E-state index in [2.05, 4.69) is 43.1 Å². The first kappa shape index (κ1) is 20.3. The fourth-order valence-electron chi connectivity index (χ4n) is 3.87. The van der Waals surface area contributed by atoms with Crippen molar-refractivity contribution in [3.63, 3.8) is 0 Å². The maximum absolute atomic E-state index is 5.75. The second-order valence-corrected chi connectivity index (χ2v) is 7.37. The minimum absolute atomic E-state index is 0.499. The summed E-state index contributed by atoms with van der Waals surface area (Å²) in [7, 11) is 3.41. The van der Waals surface area contributed by atoms with Crippen LogP contribution in [0.25, 0.3) is 22.2 Å². The Morgan fingerprint density at radius 2 is 1.89 bits per heavy atom. The Balaban J connectivity index is 2.24. The molecule has 28 heavy (non-hydrogen) atoms. The molecule has 0 aliphatic heterocycles. The van der Waals surface area contributed by atoms with Crippen LogP contribution in [0.15, 0.2) is 36.4 Å². The molecular weight excluding hydrogens is 348 g/mol. The Morgan fingerprint density at radius 1 is 1.07 bits per heavy atom. The Morgan fingerprint density at radius 3 is 2.57 bits per heavy atom. The fraction of sp³-hybridized carbons (Fsp3) is 0.417. The van der Waals surface area contributed by atoms with Gasteiger partial charge in [0.15, 0.2) is 0 Å². The number of aromatic amines is 1. The van der Waals surface area contributed by atoms with E-state index in [-0.39, 0.29) is 0 Å². The van der Waals surface area contributed by atoms with E-state index >= 15 is 0 Å². The molecule has 3 aromatic rings. The average Bonchev–Trinajstić information content (AvgIpc) is 3.11. The van der Waals surface area contributed by atoms with Crippen molar-refractivity contribution in [2.45, 2.75) is 45.4 Å². The molecule has 4 nitrogen and oxygen atoms in total. The highest BCUT2D eigenvalue weighted by molar-refractivity contribution is 5.94. The van der Waals surface area contributed by atoms with Crippen LogP contribution in [0.5, 0.6) is 11.5 Å². The number of aryl methyl sites for hydroxylation is 1. The van der Waals surface area contributed by atoms with Crippen molar-refractivity contribution >= 4 is 10.9 Å². The number of para-hydroxylation sites is 1. The molecule has 1 heterocycles. The van der Waals surface area contributed by atoms with Gasteiger partial charge in [-0.25, -0.2) is 0 Å². The third-order valence-electron chi connectivity index (χ3n) is 5.67. The van der Waals surface area contributed by atoms with Crippen LogP contribution in [0.4, 0.5) is 0 Å². The molecule has 0 aliphatic rings. The van der Waals surface area contributed by atoms with Gasteiger partial charge in [-0.3, -0.25) is 0 Å². The molecular formula is C24H32N2O2. The molecule has 0 amide bonds. The minimum Gasteiger partial charge on any atom is -0.497 e. The number of hydrogen-bond donors (Lipinski definition) is 2. The summed E-state index contributed by atoms with van der Waals surface area (Å²) < 4.78 is 11.2. The van der Waals surface area contributed by atoms with Gasteiger partial charge in [0.1, 0.15) is 11.5 Å². The summed E-state index contributed by atoms with van der Waals surface area (Å²) in [6.45, 7) is 5.24. The molecule has 0 saturated heterocycles. The number of nitrogens with two attached hydrogens (primary N) is 1. The quantitative estimate of drug-likeness (QED) is 0.472. The Labute approximate surface area is 168 Å². The van der Waals surface area contributed by atoms with Gasteiger partial charge < -0.3 is 20.2 Å². The van der Waals surface area contributed by atoms with Crippen LogP contribution in [0.1, 0.15) is 50.2 Å². The zero-order valence-corrected chi connectivity index (χ0v) is 17.5. The maximum Gasteiger partial charge on any atom is 0.128 e. The molecule has 0 fully saturated rings. The molecule has 3 N–H and O–H groups in total. The van der Waals surface area contributed by atoms with Crippen molar-refractivity contribution in [2.24, 2.45) is 5.73 Å². The number of H-pyrrole nitrogens is 1. The highest BCUT2D eigenvalue weighted by atomic mass is 16.5. The number of benzene rings is 2. The molecule has 4 heteroatoms. The summed E-state index contributed by atoms with van der Waals surface area (Å²) >= 11 is 0. The van der Waals surface area contributed by atoms with E-state index in [0.29, 0.717) is 5.92 Å². The summed E-state index contributed by atoms with van der Waals surface area (Å²) in [6, 6.07) is 12.6. The number of ether oxygens (including phenoxy) is 2. The van der Waals surface area contributed by atoms with Crippen molar-refractivity contribution < 1.29 is 9.47 Å². The van der Waals surface area contributed by atoms with Crippen LogP contribution >= 0.6 is 0 Å². The Bertz CT molecular complexity index is 930. The van der Waals surface area contributed by atoms with Gasteiger partial charge in [-0.1, -0.05) is 32.0 Å². The lowest BCUT2D eigenvalue weighted by atomic mass is 9.94. The van der Waals surface area contributed by atoms with Crippen molar-refractivity contribution in [1.82, 2.24) is 4.98 Å². The topological polar surface area (TPSA) is 60.3 Å². The fourth-order valence-corrected chi connectivity index (χ4v) is 3.87. The first-order valence-corrected chi connectivity index (χ1v) is 10.2. The van der Waals surface area contributed by atoms with Crippen LogP contribution in [-0.4, -0.2) is 25.7 Å². The predicted octanol–water partition coefficient (Wildman–Crippen LogP) is 5.65. The van der Waals surface area contributed by atoms with Gasteiger partial charge in [-0.05, 0) is 67.5 Å². The van der Waals surface area contributed by atoms with Gasteiger partial charge in [0, 0.05) is 16.5 Å². The van der Waals surface area contributed by atoms with Gasteiger partial charge in [0.05, 0.1) is 19.9 Å². The van der Waals surface area contributed by atoms with Crippen molar-refractivity contribution in [2.75, 3.05) is 20.8 Å². The van der Waals surface area contributed by atoms with E-state index < -0.39 is 0 Å². The molecule has 0 radical (unpaired) electrons. The minimum atomic E-state index is 0.499. The van der Waals surface area contributed by atoms with E-state index in [1.807, 2.05) is 12.1 Å². The first-order chi connectivity index (χ1) is 13.6. The third-order valence-corrected chi connectivity index (χ3v) is 5.67. The molecule has 2 aromatic carbocycles. The van der Waals surface area contributed by atoms with Gasteiger partial charge in [-0.2, -0.15) is 0 Å². The van der Waals surface area contributed by atoms with E-state index in [0.717, 1.165) is 55.0 Å². The highest BCUT2D eigenvalue weighted by Crippen LogP contribution is 2.40. The van der Waals surface area contributed by atoms with Gasteiger partial charge >= 0.3 is 0 Å². The number of unbranched alkanes of at least 4 members (excludes halogenated alkanes) is 1. The van der Waals surface area contributed by atoms with Crippen LogP contribution in [0.3, 0.4) is 0 Å². The number of methoxy groups -OCH3 is 2. The number of aromatic nitrogens is 1. The molecule has 1 aromatic heterocycles. The monoisotopic (exact) mass is 380 g/mol. The Kier molecular flexibility index (Phi) is 6.63. The van der Waals surface area contributed by atoms with Crippen LogP contribution < -0.4 is 15.2 Å². The lowest BCUT2D eigenvalue weighted by molar-refractivity contribution is 0.404. The highest BCUT2D eigenvalue weighted by Gasteiger charge is 2.19. The maximum atomic E-state index is 5.75. The van der Waals surface area contributed by atoms with E-state index in [4.69, 9.17) is 15.2 Å². The average molecular weight is 381 g/mol. The largest absolute Gasteiger partial charge is 0.497 e. The van der Waals surface area contributed by atoms with E-state index in [1.165, 1.54) is 22.0 Å². The van der Waals surface area contributed by atoms with Crippen molar-refractivity contribution in [3.05, 3.63) is 47.5 Å². The van der Waals surface area contributed by atoms with E-state index in [9.17, 15) is 0 Å². The van der Waals surface area contributed by atoms with Crippen LogP contribution in [0.2, 0.25) is 0 Å². The lowest BCUT2D eigenvalue weighted by Gasteiger charge is -2.11. The standard InChI is InChI=1S/C24H32N2O2/c1-5-16(2)18-10-8-11-20-19(9-6-7-14-25)24(26-23(18)20)21-15-17(27-3)12-13-22(21)28-4/h8,10-13,15-16,26H,5-7,9,14,25H2,1-4H3. The molecule has 0 aliphatic carbocycles. The smallest absolute Gasteiger partial charge is 0.128 e. The van der Waals surface area contributed by atoms with Crippen molar-refractivity contribution in [3.8, 4) is 22.8 Å². The van der Waals surface area contributed by atoms with Crippen molar-refractivity contribution in [1.29, 1.82) is 0 Å². The zero-order chi connectivity index (χ0) is 20.1. The lowest BCUT2D eigenvalue weighted by Crippen LogP contribution is -1.99. The summed E-state index contributed by atoms with van der Waals surface area (Å²) in [5.74, 6) is 2.17. The summed E-state index contributed by atoms with van der Waals surface area (Å²) in [5, 5.41) is 1.30. The summed E-state index contributed by atoms with van der Waals surface area (Å²) in [5.41, 5.74) is 11.9.